The van der Waals surface area contributed by atoms with Crippen LogP contribution < -0.4 is 0 Å². The van der Waals surface area contributed by atoms with Crippen molar-refractivity contribution in [1.82, 2.24) is 9.78 Å². The van der Waals surface area contributed by atoms with Crippen molar-refractivity contribution in [3.63, 3.8) is 0 Å². The van der Waals surface area contributed by atoms with E-state index in [1.165, 1.54) is 6.20 Å². The highest BCUT2D eigenvalue weighted by atomic mass is 79.9. The van der Waals surface area contributed by atoms with Crippen LogP contribution in [0.2, 0.25) is 0 Å². The van der Waals surface area contributed by atoms with Gasteiger partial charge in [0.2, 0.25) is 0 Å². The average Bonchev–Trinajstić information content (AvgIpc) is 2.77. The fourth-order valence-electron chi connectivity index (χ4n) is 1.54. The lowest BCUT2D eigenvalue weighted by atomic mass is 10.2. The second-order valence-electron chi connectivity index (χ2n) is 3.84. The third-order valence-electron chi connectivity index (χ3n) is 2.40. The number of benzene rings is 1. The van der Waals surface area contributed by atoms with Gasteiger partial charge >= 0.3 is 6.18 Å². The SMILES string of the molecule is FC(F)(F)CC(Br)c1cnn(-c2ccccc2)c1. The zero-order valence-corrected chi connectivity index (χ0v) is 10.8. The molecular weight excluding hydrogens is 309 g/mol. The van der Waals surface area contributed by atoms with E-state index in [0.717, 1.165) is 5.69 Å². The van der Waals surface area contributed by atoms with Crippen LogP contribution in [0.3, 0.4) is 0 Å². The van der Waals surface area contributed by atoms with Crippen LogP contribution in [0, 0.1) is 0 Å². The zero-order valence-electron chi connectivity index (χ0n) is 9.23. The van der Waals surface area contributed by atoms with E-state index in [9.17, 15) is 13.2 Å². The van der Waals surface area contributed by atoms with E-state index in [-0.39, 0.29) is 0 Å². The number of aromatic nitrogens is 2. The molecule has 1 aromatic carbocycles. The first-order valence-electron chi connectivity index (χ1n) is 5.26. The number of halogens is 4. The average molecular weight is 319 g/mol. The predicted octanol–water partition coefficient (Wildman–Crippen LogP) is 4.26. The molecule has 0 saturated carbocycles. The molecule has 0 fully saturated rings. The van der Waals surface area contributed by atoms with E-state index in [2.05, 4.69) is 21.0 Å². The van der Waals surface area contributed by atoms with Crippen molar-refractivity contribution < 1.29 is 13.2 Å². The summed E-state index contributed by atoms with van der Waals surface area (Å²) in [7, 11) is 0. The smallest absolute Gasteiger partial charge is 0.241 e. The van der Waals surface area contributed by atoms with Crippen molar-refractivity contribution in [3.05, 3.63) is 48.3 Å². The molecule has 0 N–H and O–H groups in total. The number of rotatable bonds is 3. The largest absolute Gasteiger partial charge is 0.390 e. The molecule has 0 aliphatic rings. The predicted molar refractivity (Wildman–Crippen MR) is 65.9 cm³/mol. The van der Waals surface area contributed by atoms with Crippen molar-refractivity contribution >= 4 is 15.9 Å². The number of hydrogen-bond acceptors (Lipinski definition) is 1. The van der Waals surface area contributed by atoms with E-state index in [1.807, 2.05) is 30.3 Å². The molecule has 2 rings (SSSR count). The Morgan fingerprint density at radius 2 is 1.89 bits per heavy atom. The summed E-state index contributed by atoms with van der Waals surface area (Å²) in [6.07, 6.45) is -2.06. The van der Waals surface area contributed by atoms with Gasteiger partial charge in [-0.1, -0.05) is 34.1 Å². The molecule has 1 unspecified atom stereocenters. The van der Waals surface area contributed by atoms with E-state index in [4.69, 9.17) is 0 Å². The maximum Gasteiger partial charge on any atom is 0.390 e. The van der Waals surface area contributed by atoms with Crippen LogP contribution in [0.4, 0.5) is 13.2 Å². The summed E-state index contributed by atoms with van der Waals surface area (Å²) in [6, 6.07) is 9.23. The minimum atomic E-state index is -4.19. The van der Waals surface area contributed by atoms with Crippen LogP contribution in [0.1, 0.15) is 16.8 Å². The molecule has 0 spiro atoms. The molecule has 96 valence electrons. The Bertz CT molecular complexity index is 508. The molecule has 18 heavy (non-hydrogen) atoms. The van der Waals surface area contributed by atoms with Crippen molar-refractivity contribution in [2.45, 2.75) is 17.4 Å². The molecule has 1 heterocycles. The van der Waals surface area contributed by atoms with Crippen LogP contribution in [-0.4, -0.2) is 16.0 Å². The fourth-order valence-corrected chi connectivity index (χ4v) is 2.14. The Morgan fingerprint density at radius 3 is 2.50 bits per heavy atom. The van der Waals surface area contributed by atoms with Crippen LogP contribution in [0.25, 0.3) is 5.69 Å². The molecule has 0 radical (unpaired) electrons. The Labute approximate surface area is 111 Å². The molecule has 1 atom stereocenters. The van der Waals surface area contributed by atoms with Crippen molar-refractivity contribution in [2.75, 3.05) is 0 Å². The maximum atomic E-state index is 12.3. The highest BCUT2D eigenvalue weighted by Crippen LogP contribution is 2.35. The minimum Gasteiger partial charge on any atom is -0.241 e. The Morgan fingerprint density at radius 1 is 1.22 bits per heavy atom. The van der Waals surface area contributed by atoms with Crippen LogP contribution in [0.15, 0.2) is 42.7 Å². The van der Waals surface area contributed by atoms with Gasteiger partial charge in [-0.25, -0.2) is 4.68 Å². The summed E-state index contributed by atoms with van der Waals surface area (Å²) >= 11 is 3.03. The lowest BCUT2D eigenvalue weighted by molar-refractivity contribution is -0.134. The molecule has 0 aliphatic carbocycles. The second kappa shape index (κ2) is 5.14. The first-order valence-corrected chi connectivity index (χ1v) is 6.18. The number of alkyl halides is 4. The molecule has 0 saturated heterocycles. The fraction of sp³-hybridized carbons (Fsp3) is 0.250. The van der Waals surface area contributed by atoms with E-state index in [0.29, 0.717) is 5.56 Å². The number of para-hydroxylation sites is 1. The topological polar surface area (TPSA) is 17.8 Å². The molecular formula is C12H10BrF3N2. The highest BCUT2D eigenvalue weighted by molar-refractivity contribution is 9.09. The van der Waals surface area contributed by atoms with Crippen LogP contribution in [-0.2, 0) is 0 Å². The van der Waals surface area contributed by atoms with E-state index < -0.39 is 17.4 Å². The van der Waals surface area contributed by atoms with Gasteiger partial charge in [-0.15, -0.1) is 0 Å². The highest BCUT2D eigenvalue weighted by Gasteiger charge is 2.31. The minimum absolute atomic E-state index is 0.510. The summed E-state index contributed by atoms with van der Waals surface area (Å²) < 4.78 is 38.3. The summed E-state index contributed by atoms with van der Waals surface area (Å²) in [5.41, 5.74) is 1.33. The van der Waals surface area contributed by atoms with Crippen LogP contribution >= 0.6 is 15.9 Å². The van der Waals surface area contributed by atoms with Gasteiger partial charge in [0.1, 0.15) is 0 Å². The lowest BCUT2D eigenvalue weighted by Crippen LogP contribution is -2.10. The monoisotopic (exact) mass is 318 g/mol. The van der Waals surface area contributed by atoms with Crippen molar-refractivity contribution in [1.29, 1.82) is 0 Å². The standard InChI is InChI=1S/C12H10BrF3N2/c13-11(6-12(14,15)16)9-7-17-18(8-9)10-4-2-1-3-5-10/h1-5,7-8,11H,6H2. The van der Waals surface area contributed by atoms with Gasteiger partial charge in [-0.05, 0) is 12.1 Å². The van der Waals surface area contributed by atoms with E-state index in [1.54, 1.807) is 10.9 Å². The summed E-state index contributed by atoms with van der Waals surface area (Å²) in [6.45, 7) is 0. The second-order valence-corrected chi connectivity index (χ2v) is 4.95. The summed E-state index contributed by atoms with van der Waals surface area (Å²) in [5, 5.41) is 4.06. The molecule has 0 aliphatic heterocycles. The molecule has 1 aromatic heterocycles. The third kappa shape index (κ3) is 3.35. The summed E-state index contributed by atoms with van der Waals surface area (Å²) in [4.78, 5) is -0.769. The zero-order chi connectivity index (χ0) is 13.2. The van der Waals surface area contributed by atoms with Gasteiger partial charge in [0.05, 0.1) is 23.1 Å². The molecule has 0 bridgehead atoms. The number of nitrogens with zero attached hydrogens (tertiary/aromatic N) is 2. The first-order chi connectivity index (χ1) is 8.46. The van der Waals surface area contributed by atoms with Gasteiger partial charge in [0, 0.05) is 11.8 Å². The Kier molecular flexibility index (Phi) is 3.75. The molecule has 2 aromatic rings. The third-order valence-corrected chi connectivity index (χ3v) is 3.25. The van der Waals surface area contributed by atoms with Crippen molar-refractivity contribution in [2.24, 2.45) is 0 Å². The molecule has 6 heteroatoms. The van der Waals surface area contributed by atoms with Gasteiger partial charge in [-0.2, -0.15) is 18.3 Å². The number of hydrogen-bond donors (Lipinski definition) is 0. The quantitative estimate of drug-likeness (QED) is 0.773. The lowest BCUT2D eigenvalue weighted by Gasteiger charge is -2.10. The summed E-state index contributed by atoms with van der Waals surface area (Å²) in [5.74, 6) is 0. The normalized spacial score (nSPS) is 13.6. The Hall–Kier alpha value is -1.30. The van der Waals surface area contributed by atoms with E-state index >= 15 is 0 Å². The van der Waals surface area contributed by atoms with Crippen LogP contribution in [0.5, 0.6) is 0 Å². The van der Waals surface area contributed by atoms with Gasteiger partial charge in [0.25, 0.3) is 0 Å². The Balaban J connectivity index is 2.16. The van der Waals surface area contributed by atoms with Gasteiger partial charge in [0.15, 0.2) is 0 Å². The van der Waals surface area contributed by atoms with Gasteiger partial charge < -0.3 is 0 Å². The molecule has 2 nitrogen and oxygen atoms in total. The van der Waals surface area contributed by atoms with Crippen molar-refractivity contribution in [3.8, 4) is 5.69 Å². The van der Waals surface area contributed by atoms with Gasteiger partial charge in [-0.3, -0.25) is 0 Å². The maximum absolute atomic E-state index is 12.3. The first kappa shape index (κ1) is 13.1. The molecule has 0 amide bonds.